The highest BCUT2D eigenvalue weighted by Crippen LogP contribution is 2.23. The molecule has 18 heavy (non-hydrogen) atoms. The Labute approximate surface area is 110 Å². The fraction of sp³-hybridized carbons (Fsp3) is 0.600. The molecule has 1 rings (SSSR count). The standard InChI is InChI=1S/C10H16N2O4S2/c1-6-11-5-7(17-6)18(15,16)12-8(9(13)14)10(2,3)4/h5,8,12H,1-4H3,(H,13,14)/t8-/m1/s1. The smallest absolute Gasteiger partial charge is 0.322 e. The Bertz CT molecular complexity index is 542. The van der Waals surface area contributed by atoms with Gasteiger partial charge in [-0.2, -0.15) is 4.72 Å². The van der Waals surface area contributed by atoms with Gasteiger partial charge in [0.15, 0.2) is 4.21 Å². The largest absolute Gasteiger partial charge is 0.480 e. The van der Waals surface area contributed by atoms with Crippen LogP contribution in [0, 0.1) is 12.3 Å². The lowest BCUT2D eigenvalue weighted by atomic mass is 9.88. The molecule has 0 saturated carbocycles. The first-order valence-corrected chi connectivity index (χ1v) is 7.51. The molecule has 102 valence electrons. The van der Waals surface area contributed by atoms with Gasteiger partial charge in [0.1, 0.15) is 6.04 Å². The van der Waals surface area contributed by atoms with Crippen molar-refractivity contribution >= 4 is 27.3 Å². The van der Waals surface area contributed by atoms with Crippen LogP contribution in [0.15, 0.2) is 10.4 Å². The van der Waals surface area contributed by atoms with E-state index in [-0.39, 0.29) is 4.21 Å². The number of hydrogen-bond donors (Lipinski definition) is 2. The SMILES string of the molecule is Cc1ncc(S(=O)(=O)N[C@H](C(=O)O)C(C)(C)C)s1. The quantitative estimate of drug-likeness (QED) is 0.870. The van der Waals surface area contributed by atoms with Gasteiger partial charge in [-0.15, -0.1) is 11.3 Å². The van der Waals surface area contributed by atoms with Gasteiger partial charge in [0.05, 0.1) is 11.2 Å². The summed E-state index contributed by atoms with van der Waals surface area (Å²) in [4.78, 5) is 15.0. The summed E-state index contributed by atoms with van der Waals surface area (Å²) in [6.45, 7) is 6.66. The van der Waals surface area contributed by atoms with Crippen molar-refractivity contribution in [3.63, 3.8) is 0 Å². The van der Waals surface area contributed by atoms with E-state index in [9.17, 15) is 13.2 Å². The Morgan fingerprint density at radius 1 is 1.50 bits per heavy atom. The van der Waals surface area contributed by atoms with E-state index in [0.717, 1.165) is 11.3 Å². The van der Waals surface area contributed by atoms with Crippen LogP contribution in [0.1, 0.15) is 25.8 Å². The van der Waals surface area contributed by atoms with E-state index < -0.39 is 27.4 Å². The summed E-state index contributed by atoms with van der Waals surface area (Å²) in [5.74, 6) is -1.20. The molecule has 0 saturated heterocycles. The van der Waals surface area contributed by atoms with Crippen molar-refractivity contribution in [2.24, 2.45) is 5.41 Å². The molecule has 0 spiro atoms. The fourth-order valence-corrected chi connectivity index (χ4v) is 3.80. The summed E-state index contributed by atoms with van der Waals surface area (Å²) in [7, 11) is -3.84. The molecule has 0 amide bonds. The van der Waals surface area contributed by atoms with Gasteiger partial charge in [-0.3, -0.25) is 4.79 Å². The highest BCUT2D eigenvalue weighted by atomic mass is 32.2. The summed E-state index contributed by atoms with van der Waals surface area (Å²) in [5.41, 5.74) is -0.724. The number of hydrogen-bond acceptors (Lipinski definition) is 5. The van der Waals surface area contributed by atoms with Gasteiger partial charge in [0.2, 0.25) is 0 Å². The second-order valence-electron chi connectivity index (χ2n) is 4.96. The molecule has 6 nitrogen and oxygen atoms in total. The molecule has 0 aromatic carbocycles. The van der Waals surface area contributed by atoms with Crippen molar-refractivity contribution in [1.29, 1.82) is 0 Å². The third-order valence-corrected chi connectivity index (χ3v) is 5.05. The van der Waals surface area contributed by atoms with Crippen molar-refractivity contribution in [3.05, 3.63) is 11.2 Å². The Kier molecular flexibility index (Phi) is 4.14. The molecule has 0 aliphatic heterocycles. The number of sulfonamides is 1. The monoisotopic (exact) mass is 292 g/mol. The van der Waals surface area contributed by atoms with Gasteiger partial charge < -0.3 is 5.11 Å². The summed E-state index contributed by atoms with van der Waals surface area (Å²) < 4.78 is 26.2. The number of rotatable bonds is 4. The predicted molar refractivity (Wildman–Crippen MR) is 68.1 cm³/mol. The average molecular weight is 292 g/mol. The van der Waals surface area contributed by atoms with Crippen molar-refractivity contribution in [3.8, 4) is 0 Å². The minimum absolute atomic E-state index is 0.0236. The second kappa shape index (κ2) is 4.94. The van der Waals surface area contributed by atoms with Crippen LogP contribution in [0.4, 0.5) is 0 Å². The average Bonchev–Trinajstić information content (AvgIpc) is 2.60. The third kappa shape index (κ3) is 3.50. The lowest BCUT2D eigenvalue weighted by Crippen LogP contribution is -2.48. The van der Waals surface area contributed by atoms with Gasteiger partial charge in [0.25, 0.3) is 10.0 Å². The van der Waals surface area contributed by atoms with Crippen molar-refractivity contribution in [1.82, 2.24) is 9.71 Å². The van der Waals surface area contributed by atoms with Gasteiger partial charge >= 0.3 is 5.97 Å². The van der Waals surface area contributed by atoms with E-state index in [0.29, 0.717) is 5.01 Å². The molecule has 1 atom stereocenters. The Morgan fingerprint density at radius 2 is 2.06 bits per heavy atom. The first kappa shape index (κ1) is 15.1. The molecule has 0 radical (unpaired) electrons. The fourth-order valence-electron chi connectivity index (χ4n) is 1.28. The number of nitrogens with zero attached hydrogens (tertiary/aromatic N) is 1. The maximum absolute atomic E-state index is 12.0. The molecule has 0 fully saturated rings. The Balaban J connectivity index is 3.05. The first-order valence-electron chi connectivity index (χ1n) is 5.21. The number of nitrogens with one attached hydrogen (secondary N) is 1. The summed E-state index contributed by atoms with van der Waals surface area (Å²) in [5, 5.41) is 9.69. The van der Waals surface area contributed by atoms with Gasteiger partial charge in [0, 0.05) is 0 Å². The van der Waals surface area contributed by atoms with E-state index in [2.05, 4.69) is 9.71 Å². The predicted octanol–water partition coefficient (Wildman–Crippen LogP) is 1.23. The van der Waals surface area contributed by atoms with E-state index >= 15 is 0 Å². The number of thiazole rings is 1. The minimum Gasteiger partial charge on any atom is -0.480 e. The molecule has 1 aromatic rings. The second-order valence-corrected chi connectivity index (χ2v) is 8.13. The maximum atomic E-state index is 12.0. The highest BCUT2D eigenvalue weighted by Gasteiger charge is 2.35. The van der Waals surface area contributed by atoms with Crippen LogP contribution in [0.25, 0.3) is 0 Å². The number of aliphatic carboxylic acids is 1. The Morgan fingerprint density at radius 3 is 2.39 bits per heavy atom. The zero-order chi connectivity index (χ0) is 14.1. The lowest BCUT2D eigenvalue weighted by molar-refractivity contribution is -0.141. The highest BCUT2D eigenvalue weighted by molar-refractivity contribution is 7.91. The van der Waals surface area contributed by atoms with E-state index in [1.54, 1.807) is 27.7 Å². The molecular formula is C10H16N2O4S2. The number of aryl methyl sites for hydroxylation is 1. The molecule has 0 aliphatic carbocycles. The molecule has 0 aliphatic rings. The zero-order valence-corrected chi connectivity index (χ0v) is 12.2. The van der Waals surface area contributed by atoms with Crippen LogP contribution in [-0.2, 0) is 14.8 Å². The normalized spacial score (nSPS) is 14.4. The topological polar surface area (TPSA) is 96.4 Å². The van der Waals surface area contributed by atoms with Crippen LogP contribution in [-0.4, -0.2) is 30.5 Å². The Hall–Kier alpha value is -0.990. The van der Waals surface area contributed by atoms with Crippen LogP contribution < -0.4 is 4.72 Å². The molecule has 1 aromatic heterocycles. The van der Waals surface area contributed by atoms with Crippen LogP contribution >= 0.6 is 11.3 Å². The van der Waals surface area contributed by atoms with E-state index in [1.807, 2.05) is 0 Å². The molecule has 0 unspecified atom stereocenters. The summed E-state index contributed by atoms with van der Waals surface area (Å²) in [6, 6.07) is -1.19. The van der Waals surface area contributed by atoms with Crippen molar-refractivity contribution < 1.29 is 18.3 Å². The van der Waals surface area contributed by atoms with Gasteiger partial charge in [-0.05, 0) is 12.3 Å². The van der Waals surface area contributed by atoms with Crippen LogP contribution in [0.2, 0.25) is 0 Å². The van der Waals surface area contributed by atoms with Crippen molar-refractivity contribution in [2.75, 3.05) is 0 Å². The van der Waals surface area contributed by atoms with Gasteiger partial charge in [-0.1, -0.05) is 20.8 Å². The number of aromatic nitrogens is 1. The summed E-state index contributed by atoms with van der Waals surface area (Å²) in [6.07, 6.45) is 1.23. The first-order chi connectivity index (χ1) is 8.04. The van der Waals surface area contributed by atoms with Gasteiger partial charge in [-0.25, -0.2) is 13.4 Å². The molecular weight excluding hydrogens is 276 g/mol. The van der Waals surface area contributed by atoms with E-state index in [4.69, 9.17) is 5.11 Å². The number of carbonyl (C=O) groups is 1. The minimum atomic E-state index is -3.84. The number of carboxylic acids is 1. The molecule has 1 heterocycles. The maximum Gasteiger partial charge on any atom is 0.322 e. The zero-order valence-electron chi connectivity index (χ0n) is 10.6. The van der Waals surface area contributed by atoms with E-state index in [1.165, 1.54) is 6.20 Å². The lowest BCUT2D eigenvalue weighted by Gasteiger charge is -2.27. The molecule has 0 bridgehead atoms. The van der Waals surface area contributed by atoms with Crippen LogP contribution in [0.3, 0.4) is 0 Å². The van der Waals surface area contributed by atoms with Crippen molar-refractivity contribution in [2.45, 2.75) is 37.9 Å². The molecule has 2 N–H and O–H groups in total. The third-order valence-electron chi connectivity index (χ3n) is 2.25. The molecule has 8 heteroatoms. The number of carboxylic acid groups (broad SMARTS) is 1. The van der Waals surface area contributed by atoms with Crippen LogP contribution in [0.5, 0.6) is 0 Å². The summed E-state index contributed by atoms with van der Waals surface area (Å²) >= 11 is 1.00.